The van der Waals surface area contributed by atoms with Gasteiger partial charge in [-0.15, -0.1) is 0 Å². The van der Waals surface area contributed by atoms with Crippen LogP contribution in [-0.4, -0.2) is 15.6 Å². The molecule has 0 saturated heterocycles. The van der Waals surface area contributed by atoms with Crippen molar-refractivity contribution in [1.82, 2.24) is 9.55 Å². The van der Waals surface area contributed by atoms with E-state index in [1.54, 1.807) is 18.3 Å². The van der Waals surface area contributed by atoms with Crippen molar-refractivity contribution >= 4 is 0 Å². The van der Waals surface area contributed by atoms with Crippen molar-refractivity contribution in [2.45, 2.75) is 39.3 Å². The van der Waals surface area contributed by atoms with Gasteiger partial charge in [0.25, 0.3) is 0 Å². The number of nitrogens with two attached hydrogens (primary N) is 1. The molecule has 3 nitrogen and oxygen atoms in total. The summed E-state index contributed by atoms with van der Waals surface area (Å²) in [4.78, 5) is 4.34. The summed E-state index contributed by atoms with van der Waals surface area (Å²) < 4.78 is 15.3. The van der Waals surface area contributed by atoms with Gasteiger partial charge in [-0.2, -0.15) is 0 Å². The predicted molar refractivity (Wildman–Crippen MR) is 74.4 cm³/mol. The molecule has 1 heterocycles. The predicted octanol–water partition coefficient (Wildman–Crippen LogP) is 2.66. The molecule has 1 atom stereocenters. The van der Waals surface area contributed by atoms with Gasteiger partial charge in [-0.1, -0.05) is 13.0 Å². The van der Waals surface area contributed by atoms with Crippen LogP contribution in [0.15, 0.2) is 30.6 Å². The minimum atomic E-state index is -0.201. The Balaban J connectivity index is 2.19. The van der Waals surface area contributed by atoms with E-state index in [1.165, 1.54) is 6.07 Å². The number of nitrogens with zero attached hydrogens (tertiary/aromatic N) is 2. The summed E-state index contributed by atoms with van der Waals surface area (Å²) in [5.74, 6) is 0.755. The summed E-state index contributed by atoms with van der Waals surface area (Å²) in [6.45, 7) is 4.69. The van der Waals surface area contributed by atoms with Crippen molar-refractivity contribution in [3.05, 3.63) is 53.4 Å². The third kappa shape index (κ3) is 3.41. The monoisotopic (exact) mass is 261 g/mol. The summed E-state index contributed by atoms with van der Waals surface area (Å²) in [6.07, 6.45) is 5.36. The number of hydrogen-bond acceptors (Lipinski definition) is 2. The van der Waals surface area contributed by atoms with Gasteiger partial charge in [0.05, 0.1) is 0 Å². The lowest BCUT2D eigenvalue weighted by Gasteiger charge is -2.13. The third-order valence-corrected chi connectivity index (χ3v) is 3.42. The van der Waals surface area contributed by atoms with Crippen LogP contribution in [0.4, 0.5) is 4.39 Å². The molecule has 0 bridgehead atoms. The van der Waals surface area contributed by atoms with E-state index in [9.17, 15) is 4.39 Å². The molecule has 4 heteroatoms. The standard InChI is InChI=1S/C15H20FN3/c1-3-14(17)9-15-18-6-7-19(15)10-12-8-13(16)5-4-11(12)2/h4-8,14H,3,9-10,17H2,1-2H3. The Morgan fingerprint density at radius 3 is 2.95 bits per heavy atom. The quantitative estimate of drug-likeness (QED) is 0.899. The van der Waals surface area contributed by atoms with Crippen LogP contribution in [0.5, 0.6) is 0 Å². The van der Waals surface area contributed by atoms with E-state index in [4.69, 9.17) is 5.73 Å². The first-order valence-electron chi connectivity index (χ1n) is 6.60. The maximum absolute atomic E-state index is 13.3. The molecule has 0 aliphatic carbocycles. The number of benzene rings is 1. The number of halogens is 1. The molecule has 0 aliphatic heterocycles. The van der Waals surface area contributed by atoms with E-state index in [2.05, 4.69) is 11.9 Å². The topological polar surface area (TPSA) is 43.8 Å². The first kappa shape index (κ1) is 13.7. The van der Waals surface area contributed by atoms with Crippen LogP contribution in [-0.2, 0) is 13.0 Å². The lowest BCUT2D eigenvalue weighted by Crippen LogP contribution is -2.23. The van der Waals surface area contributed by atoms with Gasteiger partial charge in [0.2, 0.25) is 0 Å². The molecule has 0 amide bonds. The zero-order valence-corrected chi connectivity index (χ0v) is 11.4. The zero-order chi connectivity index (χ0) is 13.8. The van der Waals surface area contributed by atoms with E-state index in [1.807, 2.05) is 17.7 Å². The fourth-order valence-electron chi connectivity index (χ4n) is 2.05. The number of imidazole rings is 1. The highest BCUT2D eigenvalue weighted by atomic mass is 19.1. The summed E-state index contributed by atoms with van der Waals surface area (Å²) in [7, 11) is 0. The average molecular weight is 261 g/mol. The average Bonchev–Trinajstić information content (AvgIpc) is 2.81. The Labute approximate surface area is 113 Å². The fourth-order valence-corrected chi connectivity index (χ4v) is 2.05. The minimum absolute atomic E-state index is 0.120. The zero-order valence-electron chi connectivity index (χ0n) is 11.4. The van der Waals surface area contributed by atoms with Crippen LogP contribution < -0.4 is 5.73 Å². The van der Waals surface area contributed by atoms with Crippen LogP contribution in [0, 0.1) is 12.7 Å². The molecule has 2 N–H and O–H groups in total. The fraction of sp³-hybridized carbons (Fsp3) is 0.400. The molecule has 2 aromatic rings. The van der Waals surface area contributed by atoms with Crippen LogP contribution in [0.3, 0.4) is 0 Å². The van der Waals surface area contributed by atoms with Gasteiger partial charge in [0.15, 0.2) is 0 Å². The van der Waals surface area contributed by atoms with Crippen molar-refractivity contribution < 1.29 is 4.39 Å². The molecule has 0 aliphatic rings. The second-order valence-corrected chi connectivity index (χ2v) is 4.91. The summed E-state index contributed by atoms with van der Waals surface area (Å²) in [5.41, 5.74) is 8.03. The molecule has 1 aromatic carbocycles. The van der Waals surface area contributed by atoms with Crippen LogP contribution in [0.2, 0.25) is 0 Å². The Kier molecular flexibility index (Phi) is 4.32. The van der Waals surface area contributed by atoms with Gasteiger partial charge in [-0.25, -0.2) is 9.37 Å². The SMILES string of the molecule is CCC(N)Cc1nccn1Cc1cc(F)ccc1C. The van der Waals surface area contributed by atoms with Crippen LogP contribution in [0.1, 0.15) is 30.3 Å². The Morgan fingerprint density at radius 2 is 2.21 bits per heavy atom. The van der Waals surface area contributed by atoms with E-state index < -0.39 is 0 Å². The number of aromatic nitrogens is 2. The summed E-state index contributed by atoms with van der Waals surface area (Å²) >= 11 is 0. The van der Waals surface area contributed by atoms with E-state index in [0.29, 0.717) is 6.54 Å². The highest BCUT2D eigenvalue weighted by Gasteiger charge is 2.09. The molecule has 1 unspecified atom stereocenters. The second-order valence-electron chi connectivity index (χ2n) is 4.91. The first-order chi connectivity index (χ1) is 9.10. The number of hydrogen-bond donors (Lipinski definition) is 1. The largest absolute Gasteiger partial charge is 0.330 e. The normalized spacial score (nSPS) is 12.6. The molecule has 0 fully saturated rings. The Morgan fingerprint density at radius 1 is 1.42 bits per heavy atom. The maximum atomic E-state index is 13.3. The smallest absolute Gasteiger partial charge is 0.123 e. The number of aryl methyl sites for hydroxylation is 1. The summed E-state index contributed by atoms with van der Waals surface area (Å²) in [5, 5.41) is 0. The molecular weight excluding hydrogens is 241 g/mol. The molecule has 0 radical (unpaired) electrons. The molecule has 1 aromatic heterocycles. The first-order valence-corrected chi connectivity index (χ1v) is 6.60. The third-order valence-electron chi connectivity index (χ3n) is 3.42. The lowest BCUT2D eigenvalue weighted by molar-refractivity contribution is 0.593. The van der Waals surface area contributed by atoms with Crippen LogP contribution in [0.25, 0.3) is 0 Å². The molecule has 0 saturated carbocycles. The lowest BCUT2D eigenvalue weighted by atomic mass is 10.1. The number of rotatable bonds is 5. The van der Waals surface area contributed by atoms with Gasteiger partial charge >= 0.3 is 0 Å². The van der Waals surface area contributed by atoms with Gasteiger partial charge in [0.1, 0.15) is 11.6 Å². The molecule has 102 valence electrons. The van der Waals surface area contributed by atoms with Crippen molar-refractivity contribution in [2.24, 2.45) is 5.73 Å². The molecule has 0 spiro atoms. The summed E-state index contributed by atoms with van der Waals surface area (Å²) in [6, 6.07) is 4.99. The van der Waals surface area contributed by atoms with Crippen molar-refractivity contribution in [3.63, 3.8) is 0 Å². The van der Waals surface area contributed by atoms with Gasteiger partial charge < -0.3 is 10.3 Å². The van der Waals surface area contributed by atoms with Gasteiger partial charge in [-0.05, 0) is 36.6 Å². The highest BCUT2D eigenvalue weighted by molar-refractivity contribution is 5.27. The Hall–Kier alpha value is -1.68. The van der Waals surface area contributed by atoms with E-state index in [0.717, 1.165) is 29.8 Å². The van der Waals surface area contributed by atoms with Gasteiger partial charge in [0, 0.05) is 31.4 Å². The molecular formula is C15H20FN3. The van der Waals surface area contributed by atoms with Crippen molar-refractivity contribution in [3.8, 4) is 0 Å². The molecule has 19 heavy (non-hydrogen) atoms. The second kappa shape index (κ2) is 5.97. The Bertz CT molecular complexity index is 548. The van der Waals surface area contributed by atoms with Gasteiger partial charge in [-0.3, -0.25) is 0 Å². The maximum Gasteiger partial charge on any atom is 0.123 e. The van der Waals surface area contributed by atoms with Crippen molar-refractivity contribution in [1.29, 1.82) is 0 Å². The van der Waals surface area contributed by atoms with E-state index in [-0.39, 0.29) is 11.9 Å². The van der Waals surface area contributed by atoms with E-state index >= 15 is 0 Å². The molecule has 2 rings (SSSR count). The van der Waals surface area contributed by atoms with Crippen molar-refractivity contribution in [2.75, 3.05) is 0 Å². The minimum Gasteiger partial charge on any atom is -0.330 e. The van der Waals surface area contributed by atoms with Crippen LogP contribution >= 0.6 is 0 Å². The highest BCUT2D eigenvalue weighted by Crippen LogP contribution is 2.13.